The summed E-state index contributed by atoms with van der Waals surface area (Å²) in [7, 11) is -3.83. The lowest BCUT2D eigenvalue weighted by molar-refractivity contribution is 0.146. The molecule has 0 unspecified atom stereocenters. The first-order chi connectivity index (χ1) is 18.0. The highest BCUT2D eigenvalue weighted by atomic mass is 32.2. The number of aryl methyl sites for hydroxylation is 1. The maximum absolute atomic E-state index is 12.8. The first kappa shape index (κ1) is 24.8. The van der Waals surface area contributed by atoms with Gasteiger partial charge in [0, 0.05) is 43.4 Å². The van der Waals surface area contributed by atoms with Crippen molar-refractivity contribution in [2.45, 2.75) is 29.9 Å². The molecule has 0 aliphatic carbocycles. The molecule has 0 amide bonds. The van der Waals surface area contributed by atoms with Crippen LogP contribution in [-0.2, 0) is 16.4 Å². The number of benzene rings is 2. The number of pyridine rings is 1. The van der Waals surface area contributed by atoms with Gasteiger partial charge in [-0.3, -0.25) is 4.98 Å². The molecule has 0 spiro atoms. The van der Waals surface area contributed by atoms with Gasteiger partial charge in [0.2, 0.25) is 5.95 Å². The van der Waals surface area contributed by atoms with Crippen molar-refractivity contribution in [2.75, 3.05) is 17.8 Å². The molecule has 190 valence electrons. The monoisotopic (exact) mass is 517 g/mol. The number of rotatable bonds is 9. The Morgan fingerprint density at radius 1 is 1.00 bits per heavy atom. The number of fused-ring (bicyclic) bond motifs is 1. The second-order valence-corrected chi connectivity index (χ2v) is 10.4. The number of hydrogen-bond donors (Lipinski definition) is 3. The molecule has 0 bridgehead atoms. The molecule has 0 saturated heterocycles. The molecule has 3 heterocycles. The smallest absolute Gasteiger partial charge is 0.264 e. The van der Waals surface area contributed by atoms with Crippen molar-refractivity contribution >= 4 is 16.0 Å². The summed E-state index contributed by atoms with van der Waals surface area (Å²) >= 11 is 0. The fraction of sp³-hybridized carbons (Fsp3) is 0.222. The molecule has 5 rings (SSSR count). The molecule has 0 fully saturated rings. The van der Waals surface area contributed by atoms with Gasteiger partial charge in [-0.1, -0.05) is 24.3 Å². The van der Waals surface area contributed by atoms with E-state index in [1.807, 2.05) is 30.3 Å². The van der Waals surface area contributed by atoms with Gasteiger partial charge >= 0.3 is 0 Å². The standard InChI is InChI=1S/C27H27N5O4S/c33-25(22-5-2-11-28-16-22)18-29-17-23-9-7-21-14-20(8-10-26(21)36-23)19-4-1-6-24(15-19)37(34,35)32-27-30-12-3-13-31-27/h1-6,8,10-16,23,25,29,33H,7,9,17-18H2,(H,30,31,32)/t23-,25+/m1/s1. The van der Waals surface area contributed by atoms with Gasteiger partial charge in [0.15, 0.2) is 0 Å². The number of sulfonamides is 1. The number of aliphatic hydroxyl groups is 1. The van der Waals surface area contributed by atoms with E-state index >= 15 is 0 Å². The Bertz CT molecular complexity index is 1450. The molecule has 2 aromatic carbocycles. The van der Waals surface area contributed by atoms with Crippen molar-refractivity contribution in [1.82, 2.24) is 20.3 Å². The van der Waals surface area contributed by atoms with Crippen LogP contribution in [0.4, 0.5) is 5.95 Å². The quantitative estimate of drug-likeness (QED) is 0.309. The zero-order valence-corrected chi connectivity index (χ0v) is 20.8. The van der Waals surface area contributed by atoms with E-state index in [4.69, 9.17) is 4.74 Å². The van der Waals surface area contributed by atoms with Crippen molar-refractivity contribution < 1.29 is 18.3 Å². The number of aliphatic hydroxyl groups excluding tert-OH is 1. The highest BCUT2D eigenvalue weighted by Gasteiger charge is 2.21. The van der Waals surface area contributed by atoms with Gasteiger partial charge in [-0.15, -0.1) is 0 Å². The lowest BCUT2D eigenvalue weighted by Crippen LogP contribution is -2.36. The van der Waals surface area contributed by atoms with E-state index in [0.717, 1.165) is 40.8 Å². The fourth-order valence-corrected chi connectivity index (χ4v) is 5.22. The zero-order valence-electron chi connectivity index (χ0n) is 20.0. The van der Waals surface area contributed by atoms with Crippen LogP contribution < -0.4 is 14.8 Å². The lowest BCUT2D eigenvalue weighted by Gasteiger charge is -2.27. The Labute approximate surface area is 215 Å². The minimum Gasteiger partial charge on any atom is -0.489 e. The largest absolute Gasteiger partial charge is 0.489 e. The SMILES string of the molecule is O=S(=O)(Nc1ncccn1)c1cccc(-c2ccc3c(c2)CC[C@H](CNC[C@H](O)c2cccnc2)O3)c1. The van der Waals surface area contributed by atoms with Gasteiger partial charge < -0.3 is 15.2 Å². The summed E-state index contributed by atoms with van der Waals surface area (Å²) in [4.78, 5) is 12.0. The van der Waals surface area contributed by atoms with E-state index in [1.165, 1.54) is 12.4 Å². The Kier molecular flexibility index (Phi) is 7.40. The maximum Gasteiger partial charge on any atom is 0.264 e. The second kappa shape index (κ2) is 11.0. The molecular formula is C27H27N5O4S. The Morgan fingerprint density at radius 3 is 2.65 bits per heavy atom. The summed E-state index contributed by atoms with van der Waals surface area (Å²) < 4.78 is 34.2. The molecular weight excluding hydrogens is 490 g/mol. The number of anilines is 1. The van der Waals surface area contributed by atoms with Crippen LogP contribution in [0.3, 0.4) is 0 Å². The molecule has 0 saturated carbocycles. The highest BCUT2D eigenvalue weighted by molar-refractivity contribution is 7.92. The fourth-order valence-electron chi connectivity index (χ4n) is 4.21. The first-order valence-electron chi connectivity index (χ1n) is 12.0. The van der Waals surface area contributed by atoms with Crippen LogP contribution in [0.15, 0.2) is 90.3 Å². The number of hydrogen-bond acceptors (Lipinski definition) is 8. The topological polar surface area (TPSA) is 126 Å². The van der Waals surface area contributed by atoms with Gasteiger partial charge in [-0.05, 0) is 65.9 Å². The Morgan fingerprint density at radius 2 is 1.84 bits per heavy atom. The Hall–Kier alpha value is -3.86. The van der Waals surface area contributed by atoms with Crippen LogP contribution in [0, 0.1) is 0 Å². The number of ether oxygens (including phenoxy) is 1. The third kappa shape index (κ3) is 6.11. The van der Waals surface area contributed by atoms with Gasteiger partial charge in [-0.25, -0.2) is 23.1 Å². The maximum atomic E-state index is 12.8. The van der Waals surface area contributed by atoms with E-state index in [9.17, 15) is 13.5 Å². The van der Waals surface area contributed by atoms with Gasteiger partial charge in [0.25, 0.3) is 10.0 Å². The molecule has 1 aliphatic rings. The zero-order chi connectivity index (χ0) is 25.7. The summed E-state index contributed by atoms with van der Waals surface area (Å²) in [5.41, 5.74) is 3.55. The summed E-state index contributed by atoms with van der Waals surface area (Å²) in [6, 6.07) is 17.9. The molecule has 1 aliphatic heterocycles. The summed E-state index contributed by atoms with van der Waals surface area (Å²) in [6.07, 6.45) is 7.34. The molecule has 2 atom stereocenters. The summed E-state index contributed by atoms with van der Waals surface area (Å²) in [6.45, 7) is 1.04. The van der Waals surface area contributed by atoms with Crippen LogP contribution >= 0.6 is 0 Å². The van der Waals surface area contributed by atoms with E-state index in [-0.39, 0.29) is 16.9 Å². The second-order valence-electron chi connectivity index (χ2n) is 8.77. The minimum absolute atomic E-state index is 0.000742. The highest BCUT2D eigenvalue weighted by Crippen LogP contribution is 2.33. The van der Waals surface area contributed by atoms with Crippen molar-refractivity contribution in [3.05, 3.63) is 96.6 Å². The summed E-state index contributed by atoms with van der Waals surface area (Å²) in [5, 5.41) is 13.6. The van der Waals surface area contributed by atoms with Crippen LogP contribution in [-0.4, -0.2) is 47.7 Å². The average molecular weight is 518 g/mol. The molecule has 3 N–H and O–H groups in total. The third-order valence-electron chi connectivity index (χ3n) is 6.14. The van der Waals surface area contributed by atoms with Gasteiger partial charge in [-0.2, -0.15) is 0 Å². The number of aromatic nitrogens is 3. The van der Waals surface area contributed by atoms with Crippen molar-refractivity contribution in [3.63, 3.8) is 0 Å². The van der Waals surface area contributed by atoms with Crippen LogP contribution in [0.5, 0.6) is 5.75 Å². The molecule has 37 heavy (non-hydrogen) atoms. The van der Waals surface area contributed by atoms with Crippen molar-refractivity contribution in [3.8, 4) is 16.9 Å². The van der Waals surface area contributed by atoms with E-state index < -0.39 is 16.1 Å². The normalized spacial score (nSPS) is 15.9. The van der Waals surface area contributed by atoms with E-state index in [2.05, 4.69) is 25.0 Å². The van der Waals surface area contributed by atoms with Crippen LogP contribution in [0.1, 0.15) is 23.7 Å². The lowest BCUT2D eigenvalue weighted by atomic mass is 9.97. The van der Waals surface area contributed by atoms with Crippen molar-refractivity contribution in [2.24, 2.45) is 0 Å². The van der Waals surface area contributed by atoms with E-state index in [1.54, 1.807) is 42.7 Å². The van der Waals surface area contributed by atoms with Gasteiger partial charge in [0.1, 0.15) is 11.9 Å². The number of nitrogens with one attached hydrogen (secondary N) is 2. The molecule has 2 aromatic heterocycles. The molecule has 0 radical (unpaired) electrons. The van der Waals surface area contributed by atoms with Crippen LogP contribution in [0.2, 0.25) is 0 Å². The molecule has 10 heteroatoms. The predicted octanol–water partition coefficient (Wildman–Crippen LogP) is 3.36. The Balaban J connectivity index is 1.22. The van der Waals surface area contributed by atoms with E-state index in [0.29, 0.717) is 13.1 Å². The average Bonchev–Trinajstić information content (AvgIpc) is 2.93. The molecule has 9 nitrogen and oxygen atoms in total. The van der Waals surface area contributed by atoms with Crippen molar-refractivity contribution in [1.29, 1.82) is 0 Å². The minimum atomic E-state index is -3.83. The predicted molar refractivity (Wildman–Crippen MR) is 140 cm³/mol. The first-order valence-corrected chi connectivity index (χ1v) is 13.4. The summed E-state index contributed by atoms with van der Waals surface area (Å²) in [5.74, 6) is 0.843. The third-order valence-corrected chi connectivity index (χ3v) is 7.46. The number of nitrogens with zero attached hydrogens (tertiary/aromatic N) is 3. The van der Waals surface area contributed by atoms with Gasteiger partial charge in [0.05, 0.1) is 11.0 Å². The molecule has 4 aromatic rings. The van der Waals surface area contributed by atoms with Crippen LogP contribution in [0.25, 0.3) is 11.1 Å².